The fraction of sp³-hybridized carbons (Fsp3) is 0.381. The Hall–Kier alpha value is -2.60. The first-order chi connectivity index (χ1) is 13.6. The molecule has 0 saturated carbocycles. The molecule has 28 heavy (non-hydrogen) atoms. The first-order valence-corrected chi connectivity index (χ1v) is 9.87. The fourth-order valence-electron chi connectivity index (χ4n) is 2.58. The van der Waals surface area contributed by atoms with E-state index in [-0.39, 0.29) is 12.5 Å². The number of rotatable bonds is 9. The van der Waals surface area contributed by atoms with Crippen molar-refractivity contribution in [2.24, 2.45) is 4.99 Å². The number of guanidine groups is 1. The molecule has 1 amide bonds. The number of aliphatic imine (C=N–C) groups is 1. The molecule has 7 heteroatoms. The molecule has 2 aromatic rings. The van der Waals surface area contributed by atoms with E-state index in [1.54, 1.807) is 18.1 Å². The summed E-state index contributed by atoms with van der Waals surface area (Å²) in [5.41, 5.74) is 2.05. The predicted molar refractivity (Wildman–Crippen MR) is 115 cm³/mol. The number of likely N-dealkylation sites (N-methyl/N-ethyl adjacent to an activating group) is 1. The third kappa shape index (κ3) is 7.56. The molecule has 0 bridgehead atoms. The zero-order valence-corrected chi connectivity index (χ0v) is 17.2. The van der Waals surface area contributed by atoms with Gasteiger partial charge in [0.15, 0.2) is 5.96 Å². The van der Waals surface area contributed by atoms with Crippen LogP contribution in [0, 0.1) is 0 Å². The molecule has 0 aliphatic carbocycles. The third-order valence-electron chi connectivity index (χ3n) is 4.22. The molecule has 0 aliphatic heterocycles. The lowest BCUT2D eigenvalue weighted by Crippen LogP contribution is -2.39. The minimum Gasteiger partial charge on any atom is -0.357 e. The van der Waals surface area contributed by atoms with E-state index in [0.717, 1.165) is 35.7 Å². The van der Waals surface area contributed by atoms with Crippen LogP contribution >= 0.6 is 11.6 Å². The van der Waals surface area contributed by atoms with Crippen molar-refractivity contribution in [3.05, 3.63) is 64.9 Å². The zero-order valence-electron chi connectivity index (χ0n) is 16.5. The van der Waals surface area contributed by atoms with Crippen molar-refractivity contribution in [1.29, 1.82) is 0 Å². The molecule has 2 rings (SSSR count). The highest BCUT2D eigenvalue weighted by atomic mass is 35.5. The van der Waals surface area contributed by atoms with Gasteiger partial charge in [0.2, 0.25) is 5.91 Å². The van der Waals surface area contributed by atoms with Crippen LogP contribution in [0.4, 0.5) is 0 Å². The molecule has 6 nitrogen and oxygen atoms in total. The van der Waals surface area contributed by atoms with Crippen LogP contribution in [0.3, 0.4) is 0 Å². The molecule has 0 radical (unpaired) electrons. The van der Waals surface area contributed by atoms with Crippen LogP contribution < -0.4 is 10.6 Å². The average molecular weight is 402 g/mol. The number of halogens is 1. The van der Waals surface area contributed by atoms with Crippen LogP contribution in [0.1, 0.15) is 18.2 Å². The number of hydrogen-bond donors (Lipinski definition) is 2. The van der Waals surface area contributed by atoms with Gasteiger partial charge >= 0.3 is 0 Å². The van der Waals surface area contributed by atoms with E-state index in [9.17, 15) is 4.79 Å². The maximum absolute atomic E-state index is 12.3. The van der Waals surface area contributed by atoms with E-state index >= 15 is 0 Å². The molecule has 2 N–H and O–H groups in total. The highest BCUT2D eigenvalue weighted by molar-refractivity contribution is 6.31. The SMILES string of the molecule is CCNC(=NCC(=O)N(C)CCc1ccccn1)NCCc1ccccc1Cl. The second kappa shape index (κ2) is 12.0. The molecule has 0 saturated heterocycles. The first kappa shape index (κ1) is 21.7. The molecule has 0 fully saturated rings. The van der Waals surface area contributed by atoms with Crippen molar-refractivity contribution >= 4 is 23.5 Å². The van der Waals surface area contributed by atoms with Gasteiger partial charge in [-0.2, -0.15) is 0 Å². The fourth-order valence-corrected chi connectivity index (χ4v) is 2.81. The van der Waals surface area contributed by atoms with Gasteiger partial charge in [-0.1, -0.05) is 35.9 Å². The summed E-state index contributed by atoms with van der Waals surface area (Å²) in [6.07, 6.45) is 3.27. The molecule has 0 atom stereocenters. The van der Waals surface area contributed by atoms with Crippen LogP contribution in [0.25, 0.3) is 0 Å². The van der Waals surface area contributed by atoms with E-state index in [0.29, 0.717) is 19.0 Å². The number of amides is 1. The van der Waals surface area contributed by atoms with Gasteiger partial charge in [0.05, 0.1) is 0 Å². The quantitative estimate of drug-likeness (QED) is 0.500. The lowest BCUT2D eigenvalue weighted by molar-refractivity contribution is -0.128. The Morgan fingerprint density at radius 2 is 1.93 bits per heavy atom. The Balaban J connectivity index is 1.79. The van der Waals surface area contributed by atoms with Crippen LogP contribution in [-0.2, 0) is 17.6 Å². The third-order valence-corrected chi connectivity index (χ3v) is 4.59. The number of nitrogens with zero attached hydrogens (tertiary/aromatic N) is 3. The Morgan fingerprint density at radius 1 is 1.14 bits per heavy atom. The second-order valence-electron chi connectivity index (χ2n) is 6.35. The number of hydrogen-bond acceptors (Lipinski definition) is 3. The number of carbonyl (C=O) groups is 1. The van der Waals surface area contributed by atoms with Crippen molar-refractivity contribution in [1.82, 2.24) is 20.5 Å². The second-order valence-corrected chi connectivity index (χ2v) is 6.76. The van der Waals surface area contributed by atoms with E-state index in [1.807, 2.05) is 49.4 Å². The van der Waals surface area contributed by atoms with Crippen LogP contribution in [-0.4, -0.2) is 55.0 Å². The van der Waals surface area contributed by atoms with Crippen molar-refractivity contribution in [3.8, 4) is 0 Å². The number of pyridine rings is 1. The van der Waals surface area contributed by atoms with E-state index in [2.05, 4.69) is 20.6 Å². The first-order valence-electron chi connectivity index (χ1n) is 9.49. The van der Waals surface area contributed by atoms with Crippen molar-refractivity contribution in [2.75, 3.05) is 33.2 Å². The lowest BCUT2D eigenvalue weighted by Gasteiger charge is -2.17. The molecule has 1 aromatic heterocycles. The number of nitrogens with one attached hydrogen (secondary N) is 2. The average Bonchev–Trinajstić information content (AvgIpc) is 2.72. The topological polar surface area (TPSA) is 69.6 Å². The van der Waals surface area contributed by atoms with Crippen molar-refractivity contribution in [3.63, 3.8) is 0 Å². The summed E-state index contributed by atoms with van der Waals surface area (Å²) in [5.74, 6) is 0.597. The molecule has 150 valence electrons. The van der Waals surface area contributed by atoms with Crippen LogP contribution in [0.5, 0.6) is 0 Å². The normalized spacial score (nSPS) is 11.2. The maximum Gasteiger partial charge on any atom is 0.244 e. The zero-order chi connectivity index (χ0) is 20.2. The monoisotopic (exact) mass is 401 g/mol. The van der Waals surface area contributed by atoms with Gasteiger partial charge in [-0.05, 0) is 37.1 Å². The van der Waals surface area contributed by atoms with Gasteiger partial charge in [0.1, 0.15) is 6.54 Å². The molecular weight excluding hydrogens is 374 g/mol. The Bertz CT molecular complexity index is 766. The van der Waals surface area contributed by atoms with Gasteiger partial charge in [-0.15, -0.1) is 0 Å². The molecule has 1 aromatic carbocycles. The predicted octanol–water partition coefficient (Wildman–Crippen LogP) is 2.53. The Kier molecular flexibility index (Phi) is 9.28. The molecule has 0 aliphatic rings. The Labute approximate surface area is 172 Å². The maximum atomic E-state index is 12.3. The van der Waals surface area contributed by atoms with Crippen molar-refractivity contribution < 1.29 is 4.79 Å². The largest absolute Gasteiger partial charge is 0.357 e. The smallest absolute Gasteiger partial charge is 0.244 e. The summed E-state index contributed by atoms with van der Waals surface area (Å²) in [6.45, 7) is 4.11. The lowest BCUT2D eigenvalue weighted by atomic mass is 10.1. The number of aromatic nitrogens is 1. The summed E-state index contributed by atoms with van der Waals surface area (Å²) in [5, 5.41) is 7.17. The Morgan fingerprint density at radius 3 is 2.64 bits per heavy atom. The highest BCUT2D eigenvalue weighted by Gasteiger charge is 2.09. The van der Waals surface area contributed by atoms with Crippen LogP contribution in [0.15, 0.2) is 53.7 Å². The number of carbonyl (C=O) groups excluding carboxylic acids is 1. The van der Waals surface area contributed by atoms with E-state index in [4.69, 9.17) is 11.6 Å². The van der Waals surface area contributed by atoms with Gasteiger partial charge in [0.25, 0.3) is 0 Å². The van der Waals surface area contributed by atoms with Gasteiger partial charge in [0, 0.05) is 50.0 Å². The minimum absolute atomic E-state index is 0.0285. The van der Waals surface area contributed by atoms with Gasteiger partial charge in [-0.3, -0.25) is 9.78 Å². The molecule has 0 spiro atoms. The van der Waals surface area contributed by atoms with E-state index < -0.39 is 0 Å². The van der Waals surface area contributed by atoms with E-state index in [1.165, 1.54) is 0 Å². The molecule has 1 heterocycles. The summed E-state index contributed by atoms with van der Waals surface area (Å²) in [7, 11) is 1.79. The standard InChI is InChI=1S/C21H28ClN5O/c1-3-23-21(25-14-11-17-8-4-5-10-19(17)22)26-16-20(28)27(2)15-12-18-9-6-7-13-24-18/h4-10,13H,3,11-12,14-16H2,1-2H3,(H2,23,25,26). The van der Waals surface area contributed by atoms with Gasteiger partial charge < -0.3 is 15.5 Å². The molecule has 0 unspecified atom stereocenters. The van der Waals surface area contributed by atoms with Gasteiger partial charge in [-0.25, -0.2) is 4.99 Å². The molecular formula is C21H28ClN5O. The van der Waals surface area contributed by atoms with Crippen LogP contribution in [0.2, 0.25) is 5.02 Å². The minimum atomic E-state index is -0.0285. The highest BCUT2D eigenvalue weighted by Crippen LogP contribution is 2.14. The summed E-state index contributed by atoms with van der Waals surface area (Å²) in [6, 6.07) is 13.6. The number of benzene rings is 1. The summed E-state index contributed by atoms with van der Waals surface area (Å²) < 4.78 is 0. The van der Waals surface area contributed by atoms with Crippen molar-refractivity contribution in [2.45, 2.75) is 19.8 Å². The summed E-state index contributed by atoms with van der Waals surface area (Å²) in [4.78, 5) is 22.7. The summed E-state index contributed by atoms with van der Waals surface area (Å²) >= 11 is 6.18.